The molecule has 1 saturated heterocycles. The summed E-state index contributed by atoms with van der Waals surface area (Å²) in [6.07, 6.45) is 0.0362. The van der Waals surface area contributed by atoms with Gasteiger partial charge in [-0.1, -0.05) is 0 Å². The molecule has 1 heterocycles. The maximum Gasteiger partial charge on any atom is 0.256 e. The molecular formula is C14H20N2O4. The van der Waals surface area contributed by atoms with Crippen molar-refractivity contribution >= 4 is 11.6 Å². The molecule has 0 bridgehead atoms. The summed E-state index contributed by atoms with van der Waals surface area (Å²) in [5.74, 6) is 0.891. The van der Waals surface area contributed by atoms with E-state index in [2.05, 4.69) is 0 Å². The Balaban J connectivity index is 2.29. The Labute approximate surface area is 118 Å². The Hall–Kier alpha value is -1.95. The number of anilines is 1. The predicted octanol–water partition coefficient (Wildman–Crippen LogP) is 1.15. The van der Waals surface area contributed by atoms with Crippen LogP contribution in [0.25, 0.3) is 0 Å². The molecule has 1 amide bonds. The predicted molar refractivity (Wildman–Crippen MR) is 75.3 cm³/mol. The third kappa shape index (κ3) is 2.80. The molecular weight excluding hydrogens is 260 g/mol. The number of carbonyl (C=O) groups is 1. The Morgan fingerprint density at radius 2 is 2.00 bits per heavy atom. The van der Waals surface area contributed by atoms with Crippen LogP contribution in [0.15, 0.2) is 12.1 Å². The van der Waals surface area contributed by atoms with E-state index in [-0.39, 0.29) is 12.0 Å². The number of nitrogen functional groups attached to an aromatic ring is 1. The first-order valence-corrected chi connectivity index (χ1v) is 6.49. The van der Waals surface area contributed by atoms with Crippen molar-refractivity contribution in [3.8, 4) is 11.5 Å². The highest BCUT2D eigenvalue weighted by atomic mass is 16.5. The molecule has 1 aliphatic rings. The van der Waals surface area contributed by atoms with Crippen molar-refractivity contribution in [1.29, 1.82) is 0 Å². The second kappa shape index (κ2) is 6.00. The lowest BCUT2D eigenvalue weighted by molar-refractivity contribution is -0.0123. The molecule has 6 heteroatoms. The molecule has 1 aromatic carbocycles. The van der Waals surface area contributed by atoms with Gasteiger partial charge in [-0.3, -0.25) is 4.79 Å². The zero-order valence-corrected chi connectivity index (χ0v) is 12.0. The van der Waals surface area contributed by atoms with Crippen LogP contribution in [0.1, 0.15) is 17.3 Å². The number of morpholine rings is 1. The van der Waals surface area contributed by atoms with E-state index in [9.17, 15) is 4.79 Å². The van der Waals surface area contributed by atoms with Crippen molar-refractivity contribution in [3.63, 3.8) is 0 Å². The van der Waals surface area contributed by atoms with Gasteiger partial charge in [0.25, 0.3) is 5.91 Å². The van der Waals surface area contributed by atoms with Gasteiger partial charge in [-0.2, -0.15) is 0 Å². The highest BCUT2D eigenvalue weighted by Gasteiger charge is 2.25. The largest absolute Gasteiger partial charge is 0.493 e. The molecule has 6 nitrogen and oxygen atoms in total. The first-order chi connectivity index (χ1) is 9.56. The maximum atomic E-state index is 12.5. The van der Waals surface area contributed by atoms with Crippen LogP contribution in [0, 0.1) is 0 Å². The van der Waals surface area contributed by atoms with Gasteiger partial charge in [-0.05, 0) is 13.0 Å². The summed E-state index contributed by atoms with van der Waals surface area (Å²) in [6.45, 7) is 3.61. The van der Waals surface area contributed by atoms with E-state index >= 15 is 0 Å². The van der Waals surface area contributed by atoms with Crippen LogP contribution in [0.5, 0.6) is 11.5 Å². The van der Waals surface area contributed by atoms with Crippen molar-refractivity contribution in [2.45, 2.75) is 13.0 Å². The van der Waals surface area contributed by atoms with Crippen molar-refractivity contribution in [2.24, 2.45) is 0 Å². The fourth-order valence-corrected chi connectivity index (χ4v) is 2.25. The molecule has 1 fully saturated rings. The fraction of sp³-hybridized carbons (Fsp3) is 0.500. The Bertz CT molecular complexity index is 504. The fourth-order valence-electron chi connectivity index (χ4n) is 2.25. The van der Waals surface area contributed by atoms with E-state index < -0.39 is 0 Å². The van der Waals surface area contributed by atoms with Crippen molar-refractivity contribution < 1.29 is 19.0 Å². The number of carbonyl (C=O) groups excluding carboxylic acids is 1. The lowest BCUT2D eigenvalue weighted by atomic mass is 10.1. The monoisotopic (exact) mass is 280 g/mol. The molecule has 2 N–H and O–H groups in total. The van der Waals surface area contributed by atoms with Gasteiger partial charge >= 0.3 is 0 Å². The van der Waals surface area contributed by atoms with Crippen LogP contribution < -0.4 is 15.2 Å². The minimum absolute atomic E-state index is 0.0362. The number of hydrogen-bond acceptors (Lipinski definition) is 5. The molecule has 1 aromatic rings. The number of amides is 1. The van der Waals surface area contributed by atoms with Crippen LogP contribution in [0.4, 0.5) is 5.69 Å². The second-order valence-electron chi connectivity index (χ2n) is 4.73. The molecule has 0 aromatic heterocycles. The molecule has 1 aliphatic heterocycles. The van der Waals surface area contributed by atoms with E-state index in [1.165, 1.54) is 14.2 Å². The minimum Gasteiger partial charge on any atom is -0.493 e. The molecule has 20 heavy (non-hydrogen) atoms. The zero-order chi connectivity index (χ0) is 14.7. The summed E-state index contributed by atoms with van der Waals surface area (Å²) in [7, 11) is 3.06. The molecule has 110 valence electrons. The Morgan fingerprint density at radius 1 is 1.35 bits per heavy atom. The van der Waals surface area contributed by atoms with E-state index in [4.69, 9.17) is 19.9 Å². The SMILES string of the molecule is COc1cc(N)c(C(=O)N2CCOC(C)C2)cc1OC. The second-order valence-corrected chi connectivity index (χ2v) is 4.73. The average molecular weight is 280 g/mol. The van der Waals surface area contributed by atoms with Gasteiger partial charge in [0.15, 0.2) is 11.5 Å². The molecule has 2 rings (SSSR count). The number of rotatable bonds is 3. The first-order valence-electron chi connectivity index (χ1n) is 6.49. The van der Waals surface area contributed by atoms with E-state index in [0.717, 1.165) is 0 Å². The summed E-state index contributed by atoms with van der Waals surface area (Å²) in [5, 5.41) is 0. The third-order valence-corrected chi connectivity index (χ3v) is 3.31. The minimum atomic E-state index is -0.112. The van der Waals surface area contributed by atoms with Gasteiger partial charge in [0.2, 0.25) is 0 Å². The Kier molecular flexibility index (Phi) is 4.34. The van der Waals surface area contributed by atoms with Gasteiger partial charge in [0.05, 0.1) is 32.5 Å². The molecule has 0 radical (unpaired) electrons. The van der Waals surface area contributed by atoms with Crippen LogP contribution in [0.2, 0.25) is 0 Å². The van der Waals surface area contributed by atoms with Gasteiger partial charge in [-0.15, -0.1) is 0 Å². The molecule has 0 spiro atoms. The lowest BCUT2D eigenvalue weighted by Gasteiger charge is -2.31. The topological polar surface area (TPSA) is 74.0 Å². The van der Waals surface area contributed by atoms with Crippen LogP contribution in [-0.2, 0) is 4.74 Å². The first kappa shape index (κ1) is 14.5. The number of hydrogen-bond donors (Lipinski definition) is 1. The van der Waals surface area contributed by atoms with Crippen LogP contribution in [0.3, 0.4) is 0 Å². The zero-order valence-electron chi connectivity index (χ0n) is 12.0. The van der Waals surface area contributed by atoms with Gasteiger partial charge in [-0.25, -0.2) is 0 Å². The summed E-state index contributed by atoms with van der Waals surface area (Å²) in [4.78, 5) is 14.3. The normalized spacial score (nSPS) is 18.8. The van der Waals surface area contributed by atoms with Gasteiger partial charge in [0.1, 0.15) is 0 Å². The summed E-state index contributed by atoms with van der Waals surface area (Å²) in [5.41, 5.74) is 6.76. The molecule has 1 unspecified atom stereocenters. The van der Waals surface area contributed by atoms with E-state index in [1.807, 2.05) is 6.92 Å². The average Bonchev–Trinajstić information content (AvgIpc) is 2.46. The third-order valence-electron chi connectivity index (χ3n) is 3.31. The number of ether oxygens (including phenoxy) is 3. The van der Waals surface area contributed by atoms with Crippen LogP contribution >= 0.6 is 0 Å². The van der Waals surface area contributed by atoms with Gasteiger partial charge in [0, 0.05) is 24.8 Å². The van der Waals surface area contributed by atoms with Crippen molar-refractivity contribution in [2.75, 3.05) is 39.6 Å². The highest BCUT2D eigenvalue weighted by molar-refractivity contribution is 6.00. The van der Waals surface area contributed by atoms with Crippen molar-refractivity contribution in [1.82, 2.24) is 4.90 Å². The van der Waals surface area contributed by atoms with Crippen molar-refractivity contribution in [3.05, 3.63) is 17.7 Å². The molecule has 0 saturated carbocycles. The van der Waals surface area contributed by atoms with E-state index in [1.54, 1.807) is 17.0 Å². The lowest BCUT2D eigenvalue weighted by Crippen LogP contribution is -2.44. The maximum absolute atomic E-state index is 12.5. The molecule has 0 aliphatic carbocycles. The number of nitrogens with zero attached hydrogens (tertiary/aromatic N) is 1. The highest BCUT2D eigenvalue weighted by Crippen LogP contribution is 2.32. The summed E-state index contributed by atoms with van der Waals surface area (Å²) < 4.78 is 15.8. The number of methoxy groups -OCH3 is 2. The number of benzene rings is 1. The standard InChI is InChI=1S/C14H20N2O4/c1-9-8-16(4-5-20-9)14(17)10-6-12(18-2)13(19-3)7-11(10)15/h6-7,9H,4-5,8,15H2,1-3H3. The number of nitrogens with two attached hydrogens (primary N) is 1. The van der Waals surface area contributed by atoms with Gasteiger partial charge < -0.3 is 24.8 Å². The molecule has 1 atom stereocenters. The summed E-state index contributed by atoms with van der Waals surface area (Å²) in [6, 6.07) is 3.23. The summed E-state index contributed by atoms with van der Waals surface area (Å²) >= 11 is 0. The Morgan fingerprint density at radius 3 is 2.60 bits per heavy atom. The van der Waals surface area contributed by atoms with Crippen LogP contribution in [-0.4, -0.2) is 50.8 Å². The smallest absolute Gasteiger partial charge is 0.256 e. The van der Waals surface area contributed by atoms with E-state index in [0.29, 0.717) is 42.4 Å². The quantitative estimate of drug-likeness (QED) is 0.841.